The third-order valence-electron chi connectivity index (χ3n) is 19.2. The summed E-state index contributed by atoms with van der Waals surface area (Å²) in [5.41, 5.74) is 0. The summed E-state index contributed by atoms with van der Waals surface area (Å²) in [6, 6.07) is 0. The van der Waals surface area contributed by atoms with Gasteiger partial charge in [-0.1, -0.05) is 364 Å². The van der Waals surface area contributed by atoms with E-state index in [4.69, 9.17) is 37.0 Å². The number of ether oxygens (including phenoxy) is 4. The number of phosphoric ester groups is 2. The molecule has 0 aliphatic heterocycles. The molecule has 0 amide bonds. The van der Waals surface area contributed by atoms with Crippen molar-refractivity contribution in [3.8, 4) is 0 Å². The normalized spacial score (nSPS) is 14.3. The number of phosphoric acid groups is 2. The quantitative estimate of drug-likeness (QED) is 0.0222. The van der Waals surface area contributed by atoms with Gasteiger partial charge in [0.15, 0.2) is 12.2 Å². The maximum absolute atomic E-state index is 13.1. The first-order valence-electron chi connectivity index (χ1n) is 41.7. The van der Waals surface area contributed by atoms with Gasteiger partial charge in [0.05, 0.1) is 26.4 Å². The van der Waals surface area contributed by atoms with Crippen molar-refractivity contribution >= 4 is 39.5 Å². The second-order valence-electron chi connectivity index (χ2n) is 30.8. The Morgan fingerprint density at radius 2 is 0.480 bits per heavy atom. The van der Waals surface area contributed by atoms with Crippen molar-refractivity contribution in [1.82, 2.24) is 0 Å². The molecule has 0 fully saturated rings. The van der Waals surface area contributed by atoms with Crippen LogP contribution in [-0.4, -0.2) is 96.7 Å². The minimum absolute atomic E-state index is 0.105. The van der Waals surface area contributed by atoms with E-state index in [1.165, 1.54) is 218 Å². The summed E-state index contributed by atoms with van der Waals surface area (Å²) in [7, 11) is -9.92. The molecule has 3 unspecified atom stereocenters. The first kappa shape index (κ1) is 98.1. The maximum Gasteiger partial charge on any atom is 0.472 e. The van der Waals surface area contributed by atoms with Crippen molar-refractivity contribution < 1.29 is 80.2 Å². The fraction of sp³-hybridized carbons (Fsp3) is 0.951. The van der Waals surface area contributed by atoms with Gasteiger partial charge in [0.2, 0.25) is 0 Å². The van der Waals surface area contributed by atoms with E-state index in [0.29, 0.717) is 25.7 Å². The minimum Gasteiger partial charge on any atom is -0.462 e. The lowest BCUT2D eigenvalue weighted by Gasteiger charge is -2.21. The molecule has 0 heterocycles. The Hall–Kier alpha value is -1.94. The van der Waals surface area contributed by atoms with E-state index in [0.717, 1.165) is 114 Å². The van der Waals surface area contributed by atoms with E-state index in [1.54, 1.807) is 0 Å². The van der Waals surface area contributed by atoms with Crippen LogP contribution in [-0.2, 0) is 65.4 Å². The number of carbonyl (C=O) groups excluding carboxylic acids is 4. The number of unbranched alkanes of at least 4 members (excludes halogenated alkanes) is 43. The second-order valence-corrected chi connectivity index (χ2v) is 33.7. The van der Waals surface area contributed by atoms with E-state index in [2.05, 4.69) is 55.4 Å². The monoisotopic (exact) mass is 1470 g/mol. The zero-order valence-corrected chi connectivity index (χ0v) is 67.6. The minimum atomic E-state index is -4.96. The lowest BCUT2D eigenvalue weighted by atomic mass is 9.99. The van der Waals surface area contributed by atoms with Gasteiger partial charge in [0, 0.05) is 25.7 Å². The maximum atomic E-state index is 13.1. The largest absolute Gasteiger partial charge is 0.472 e. The second kappa shape index (κ2) is 70.1. The summed E-state index contributed by atoms with van der Waals surface area (Å²) in [5, 5.41) is 10.6. The lowest BCUT2D eigenvalue weighted by Crippen LogP contribution is -2.30. The smallest absolute Gasteiger partial charge is 0.462 e. The molecule has 0 rings (SSSR count). The molecular formula is C81H158O17P2. The molecule has 0 radical (unpaired) electrons. The van der Waals surface area contributed by atoms with Crippen LogP contribution in [0.1, 0.15) is 415 Å². The summed E-state index contributed by atoms with van der Waals surface area (Å²) in [6.45, 7) is 14.3. The molecular weight excluding hydrogens is 1310 g/mol. The molecule has 6 atom stereocenters. The number of aliphatic hydroxyl groups excluding tert-OH is 1. The van der Waals surface area contributed by atoms with Crippen LogP contribution in [0.2, 0.25) is 0 Å². The third kappa shape index (κ3) is 73.0. The standard InChI is InChI=1S/C81H158O17P2/c1-9-74(8)60-52-44-36-27-23-24-30-40-48-56-64-81(86)98-77(68-92-79(84)62-54-46-38-32-31-35-43-51-59-73(6)7)70-96-100(89,90)94-66-75(82)65-93-99(87,88)95-69-76(67-91-78(83)61-53-45-37-28-21-17-14-13-16-20-26-34-42-50-58-72(4)5)97-80(85)63-55-47-39-29-22-18-12-10-11-15-19-25-33-41-49-57-71(2)3/h71-77,82H,9-70H2,1-8H3,(H,87,88)(H,89,90)/t74?,75-,76-,77-/m1/s1. The molecule has 19 heteroatoms. The summed E-state index contributed by atoms with van der Waals surface area (Å²) in [4.78, 5) is 73.0. The summed E-state index contributed by atoms with van der Waals surface area (Å²) >= 11 is 0. The van der Waals surface area contributed by atoms with Gasteiger partial charge in [0.25, 0.3) is 0 Å². The topological polar surface area (TPSA) is 237 Å². The van der Waals surface area contributed by atoms with Crippen LogP contribution >= 0.6 is 15.6 Å². The molecule has 0 saturated heterocycles. The summed E-state index contributed by atoms with van der Waals surface area (Å²) in [6.07, 6.45) is 56.8. The van der Waals surface area contributed by atoms with Crippen molar-refractivity contribution in [3.63, 3.8) is 0 Å². The predicted octanol–water partition coefficient (Wildman–Crippen LogP) is 24.0. The van der Waals surface area contributed by atoms with Crippen LogP contribution in [0.3, 0.4) is 0 Å². The first-order chi connectivity index (χ1) is 48.1. The van der Waals surface area contributed by atoms with Crippen molar-refractivity contribution in [1.29, 1.82) is 0 Å². The molecule has 0 bridgehead atoms. The predicted molar refractivity (Wildman–Crippen MR) is 409 cm³/mol. The molecule has 0 aromatic heterocycles. The van der Waals surface area contributed by atoms with Gasteiger partial charge in [-0.3, -0.25) is 37.3 Å². The Bertz CT molecular complexity index is 1960. The lowest BCUT2D eigenvalue weighted by molar-refractivity contribution is -0.161. The van der Waals surface area contributed by atoms with Crippen LogP contribution in [0.4, 0.5) is 0 Å². The van der Waals surface area contributed by atoms with E-state index in [9.17, 15) is 43.2 Å². The molecule has 0 aromatic carbocycles. The number of hydrogen-bond acceptors (Lipinski definition) is 15. The zero-order valence-electron chi connectivity index (χ0n) is 65.8. The fourth-order valence-corrected chi connectivity index (χ4v) is 14.0. The van der Waals surface area contributed by atoms with Crippen LogP contribution in [0, 0.1) is 23.7 Å². The van der Waals surface area contributed by atoms with Crippen molar-refractivity contribution in [2.75, 3.05) is 39.6 Å². The van der Waals surface area contributed by atoms with E-state index in [1.807, 2.05) is 0 Å². The Kier molecular flexibility index (Phi) is 68.7. The Balaban J connectivity index is 5.26. The Labute approximate surface area is 613 Å². The highest BCUT2D eigenvalue weighted by molar-refractivity contribution is 7.47. The van der Waals surface area contributed by atoms with Crippen LogP contribution in [0.25, 0.3) is 0 Å². The number of rotatable bonds is 78. The highest BCUT2D eigenvalue weighted by Gasteiger charge is 2.30. The molecule has 17 nitrogen and oxygen atoms in total. The molecule has 594 valence electrons. The van der Waals surface area contributed by atoms with Crippen LogP contribution in [0.5, 0.6) is 0 Å². The van der Waals surface area contributed by atoms with E-state index < -0.39 is 97.5 Å². The van der Waals surface area contributed by atoms with Crippen molar-refractivity contribution in [2.45, 2.75) is 433 Å². The zero-order chi connectivity index (χ0) is 73.8. The van der Waals surface area contributed by atoms with Gasteiger partial charge in [-0.25, -0.2) is 9.13 Å². The number of aliphatic hydroxyl groups is 1. The van der Waals surface area contributed by atoms with Gasteiger partial charge in [-0.15, -0.1) is 0 Å². The van der Waals surface area contributed by atoms with Crippen LogP contribution in [0.15, 0.2) is 0 Å². The van der Waals surface area contributed by atoms with Gasteiger partial charge >= 0.3 is 39.5 Å². The van der Waals surface area contributed by atoms with Gasteiger partial charge in [0.1, 0.15) is 19.3 Å². The fourth-order valence-electron chi connectivity index (χ4n) is 12.4. The average Bonchev–Trinajstić information content (AvgIpc) is 0.919. The molecule has 0 aliphatic rings. The summed E-state index contributed by atoms with van der Waals surface area (Å²) in [5.74, 6) is 1.02. The highest BCUT2D eigenvalue weighted by atomic mass is 31.2. The third-order valence-corrected chi connectivity index (χ3v) is 21.1. The molecule has 0 aliphatic carbocycles. The van der Waals surface area contributed by atoms with Crippen LogP contribution < -0.4 is 0 Å². The number of esters is 4. The molecule has 0 spiro atoms. The number of hydrogen-bond donors (Lipinski definition) is 3. The van der Waals surface area contributed by atoms with Crippen molar-refractivity contribution in [3.05, 3.63) is 0 Å². The van der Waals surface area contributed by atoms with Gasteiger partial charge < -0.3 is 33.8 Å². The van der Waals surface area contributed by atoms with E-state index >= 15 is 0 Å². The Morgan fingerprint density at radius 3 is 0.710 bits per heavy atom. The first-order valence-corrected chi connectivity index (χ1v) is 44.7. The average molecular weight is 1470 g/mol. The molecule has 100 heavy (non-hydrogen) atoms. The SMILES string of the molecule is CCC(C)CCCCCCCCCCCCC(=O)O[C@H](COC(=O)CCCCCCCCCCC(C)C)COP(=O)(O)OC[C@H](O)COP(=O)(O)OC[C@@H](COC(=O)CCCCCCCCCCCCCCCCC(C)C)OC(=O)CCCCCCCCCCCCCCCCCC(C)C. The van der Waals surface area contributed by atoms with E-state index in [-0.39, 0.29) is 25.7 Å². The number of carbonyl (C=O) groups is 4. The van der Waals surface area contributed by atoms with Crippen molar-refractivity contribution in [2.24, 2.45) is 23.7 Å². The molecule has 3 N–H and O–H groups in total. The van der Waals surface area contributed by atoms with Gasteiger partial charge in [-0.05, 0) is 49.4 Å². The molecule has 0 saturated carbocycles. The Morgan fingerprint density at radius 1 is 0.280 bits per heavy atom. The highest BCUT2D eigenvalue weighted by Crippen LogP contribution is 2.45. The molecule has 0 aromatic rings. The summed E-state index contributed by atoms with van der Waals surface area (Å²) < 4.78 is 68.7. The van der Waals surface area contributed by atoms with Gasteiger partial charge in [-0.2, -0.15) is 0 Å².